The molecule has 0 bridgehead atoms. The Hall–Kier alpha value is -1.69. The molecule has 5 nitrogen and oxygen atoms in total. The van der Waals surface area contributed by atoms with Crippen LogP contribution in [0.25, 0.3) is 0 Å². The van der Waals surface area contributed by atoms with Crippen molar-refractivity contribution in [3.63, 3.8) is 0 Å². The van der Waals surface area contributed by atoms with Gasteiger partial charge in [-0.2, -0.15) is 0 Å². The fraction of sp³-hybridized carbons (Fsp3) is 0.526. The standard InChI is InChI=1S/C19H28N4O/c1-15-11-23(12-16(2)24-15)13-18-7-5-4-6-17(18)8-20-9-19-10-21-14-22(19)3/h4-7,10,14-16,20H,8-9,11-13H2,1-3H3/t15-,16-/m0/s1. The van der Waals surface area contributed by atoms with Crippen LogP contribution in [-0.2, 0) is 31.4 Å². The van der Waals surface area contributed by atoms with Gasteiger partial charge in [-0.25, -0.2) is 4.98 Å². The summed E-state index contributed by atoms with van der Waals surface area (Å²) < 4.78 is 7.89. The molecule has 1 N–H and O–H groups in total. The number of hydrogen-bond donors (Lipinski definition) is 1. The number of rotatable bonds is 6. The second-order valence-corrected chi connectivity index (χ2v) is 6.82. The summed E-state index contributed by atoms with van der Waals surface area (Å²) in [5.74, 6) is 0. The normalized spacial score (nSPS) is 22.0. The minimum absolute atomic E-state index is 0.309. The van der Waals surface area contributed by atoms with Gasteiger partial charge in [-0.15, -0.1) is 0 Å². The Morgan fingerprint density at radius 2 is 1.83 bits per heavy atom. The Kier molecular flexibility index (Phi) is 5.66. The van der Waals surface area contributed by atoms with Gasteiger partial charge in [0.05, 0.1) is 24.2 Å². The largest absolute Gasteiger partial charge is 0.373 e. The summed E-state index contributed by atoms with van der Waals surface area (Å²) in [5.41, 5.74) is 3.96. The van der Waals surface area contributed by atoms with Crippen LogP contribution in [0, 0.1) is 0 Å². The first-order chi connectivity index (χ1) is 11.6. The smallest absolute Gasteiger partial charge is 0.0945 e. The number of ether oxygens (including phenoxy) is 1. The molecule has 1 aromatic carbocycles. The molecule has 1 aliphatic rings. The summed E-state index contributed by atoms with van der Waals surface area (Å²) in [6.07, 6.45) is 4.37. The fourth-order valence-corrected chi connectivity index (χ4v) is 3.42. The number of nitrogens with zero attached hydrogens (tertiary/aromatic N) is 3. The summed E-state index contributed by atoms with van der Waals surface area (Å²) in [5, 5.41) is 3.54. The second-order valence-electron chi connectivity index (χ2n) is 6.82. The van der Waals surface area contributed by atoms with Gasteiger partial charge in [0.1, 0.15) is 0 Å². The lowest BCUT2D eigenvalue weighted by molar-refractivity contribution is -0.0705. The highest BCUT2D eigenvalue weighted by Crippen LogP contribution is 2.17. The van der Waals surface area contributed by atoms with E-state index in [2.05, 4.69) is 57.9 Å². The third-order valence-corrected chi connectivity index (χ3v) is 4.55. The van der Waals surface area contributed by atoms with Crippen molar-refractivity contribution in [2.75, 3.05) is 13.1 Å². The van der Waals surface area contributed by atoms with Crippen molar-refractivity contribution in [3.8, 4) is 0 Å². The molecule has 5 heteroatoms. The summed E-state index contributed by atoms with van der Waals surface area (Å²) in [6.45, 7) is 9.01. The first-order valence-electron chi connectivity index (χ1n) is 8.72. The van der Waals surface area contributed by atoms with Crippen LogP contribution in [0.1, 0.15) is 30.7 Å². The van der Waals surface area contributed by atoms with Gasteiger partial charge in [-0.3, -0.25) is 4.90 Å². The Bertz CT molecular complexity index is 644. The van der Waals surface area contributed by atoms with Gasteiger partial charge < -0.3 is 14.6 Å². The van der Waals surface area contributed by atoms with Crippen molar-refractivity contribution in [2.24, 2.45) is 7.05 Å². The van der Waals surface area contributed by atoms with Crippen molar-refractivity contribution < 1.29 is 4.74 Å². The Labute approximate surface area is 144 Å². The highest BCUT2D eigenvalue weighted by Gasteiger charge is 2.22. The lowest BCUT2D eigenvalue weighted by atomic mass is 10.1. The Morgan fingerprint density at radius 1 is 1.12 bits per heavy atom. The highest BCUT2D eigenvalue weighted by atomic mass is 16.5. The molecule has 3 rings (SSSR count). The molecule has 1 aromatic heterocycles. The predicted octanol–water partition coefficient (Wildman–Crippen LogP) is 2.32. The molecule has 2 heterocycles. The van der Waals surface area contributed by atoms with E-state index in [1.807, 2.05) is 19.6 Å². The van der Waals surface area contributed by atoms with E-state index in [-0.39, 0.29) is 0 Å². The third kappa shape index (κ3) is 4.44. The molecule has 2 atom stereocenters. The first-order valence-corrected chi connectivity index (χ1v) is 8.72. The topological polar surface area (TPSA) is 42.3 Å². The lowest BCUT2D eigenvalue weighted by Gasteiger charge is -2.35. The molecule has 24 heavy (non-hydrogen) atoms. The first kappa shape index (κ1) is 17.1. The summed E-state index contributed by atoms with van der Waals surface area (Å²) in [6, 6.07) is 8.72. The van der Waals surface area contributed by atoms with Gasteiger partial charge in [-0.1, -0.05) is 24.3 Å². The van der Waals surface area contributed by atoms with Crippen molar-refractivity contribution in [3.05, 3.63) is 53.6 Å². The van der Waals surface area contributed by atoms with Crippen LogP contribution in [-0.4, -0.2) is 39.7 Å². The quantitative estimate of drug-likeness (QED) is 0.884. The van der Waals surface area contributed by atoms with Crippen molar-refractivity contribution >= 4 is 0 Å². The molecule has 1 saturated heterocycles. The molecule has 0 spiro atoms. The van der Waals surface area contributed by atoms with Crippen molar-refractivity contribution in [2.45, 2.75) is 45.7 Å². The monoisotopic (exact) mass is 328 g/mol. The molecule has 0 amide bonds. The minimum atomic E-state index is 0.309. The number of morpholine rings is 1. The zero-order valence-electron chi connectivity index (χ0n) is 14.9. The highest BCUT2D eigenvalue weighted by molar-refractivity contribution is 5.27. The summed E-state index contributed by atoms with van der Waals surface area (Å²) >= 11 is 0. The zero-order chi connectivity index (χ0) is 16.9. The molecule has 130 valence electrons. The van der Waals surface area contributed by atoms with Crippen molar-refractivity contribution in [1.82, 2.24) is 19.8 Å². The minimum Gasteiger partial charge on any atom is -0.373 e. The van der Waals surface area contributed by atoms with Gasteiger partial charge in [0, 0.05) is 46.0 Å². The molecule has 0 aliphatic carbocycles. The molecule has 0 unspecified atom stereocenters. The molecule has 1 fully saturated rings. The molecule has 0 saturated carbocycles. The van der Waals surface area contributed by atoms with E-state index >= 15 is 0 Å². The number of imidazole rings is 1. The fourth-order valence-electron chi connectivity index (χ4n) is 3.42. The van der Waals surface area contributed by atoms with Gasteiger partial charge in [0.25, 0.3) is 0 Å². The van der Waals surface area contributed by atoms with E-state index in [0.717, 1.165) is 32.7 Å². The van der Waals surface area contributed by atoms with Gasteiger partial charge in [-0.05, 0) is 25.0 Å². The molecule has 2 aromatic rings. The van der Waals surface area contributed by atoms with Gasteiger partial charge in [0.15, 0.2) is 0 Å². The van der Waals surface area contributed by atoms with Crippen LogP contribution in [0.15, 0.2) is 36.8 Å². The van der Waals surface area contributed by atoms with E-state index < -0.39 is 0 Å². The van der Waals surface area contributed by atoms with E-state index in [1.54, 1.807) is 0 Å². The van der Waals surface area contributed by atoms with Gasteiger partial charge >= 0.3 is 0 Å². The van der Waals surface area contributed by atoms with Crippen LogP contribution in [0.5, 0.6) is 0 Å². The zero-order valence-corrected chi connectivity index (χ0v) is 14.9. The Morgan fingerprint density at radius 3 is 2.50 bits per heavy atom. The maximum absolute atomic E-state index is 5.84. The predicted molar refractivity (Wildman–Crippen MR) is 95.5 cm³/mol. The van der Waals surface area contributed by atoms with E-state index in [4.69, 9.17) is 4.74 Å². The number of hydrogen-bond acceptors (Lipinski definition) is 4. The maximum atomic E-state index is 5.84. The molecule has 1 aliphatic heterocycles. The Balaban J connectivity index is 1.59. The van der Waals surface area contributed by atoms with Crippen LogP contribution in [0.4, 0.5) is 0 Å². The number of nitrogens with one attached hydrogen (secondary N) is 1. The summed E-state index contributed by atoms with van der Waals surface area (Å²) in [4.78, 5) is 6.66. The average molecular weight is 328 g/mol. The number of aryl methyl sites for hydroxylation is 1. The second kappa shape index (κ2) is 7.92. The van der Waals surface area contributed by atoms with Gasteiger partial charge in [0.2, 0.25) is 0 Å². The average Bonchev–Trinajstić information content (AvgIpc) is 2.93. The lowest BCUT2D eigenvalue weighted by Crippen LogP contribution is -2.45. The SMILES string of the molecule is C[C@H]1CN(Cc2ccccc2CNCc2cncn2C)C[C@H](C)O1. The summed E-state index contributed by atoms with van der Waals surface area (Å²) in [7, 11) is 2.03. The molecule has 0 radical (unpaired) electrons. The van der Waals surface area contributed by atoms with Crippen LogP contribution >= 0.6 is 0 Å². The molecular formula is C19H28N4O. The third-order valence-electron chi connectivity index (χ3n) is 4.55. The van der Waals surface area contributed by atoms with Crippen LogP contribution in [0.2, 0.25) is 0 Å². The van der Waals surface area contributed by atoms with Crippen LogP contribution < -0.4 is 5.32 Å². The van der Waals surface area contributed by atoms with E-state index in [1.165, 1.54) is 16.8 Å². The molecular weight excluding hydrogens is 300 g/mol. The maximum Gasteiger partial charge on any atom is 0.0945 e. The van der Waals surface area contributed by atoms with Crippen LogP contribution in [0.3, 0.4) is 0 Å². The van der Waals surface area contributed by atoms with E-state index in [0.29, 0.717) is 12.2 Å². The van der Waals surface area contributed by atoms with E-state index in [9.17, 15) is 0 Å². The number of benzene rings is 1. The van der Waals surface area contributed by atoms with Crippen molar-refractivity contribution in [1.29, 1.82) is 0 Å². The number of aromatic nitrogens is 2.